The van der Waals surface area contributed by atoms with Crippen molar-refractivity contribution in [2.45, 2.75) is 71.4 Å². The zero-order valence-corrected chi connectivity index (χ0v) is 14.8. The van der Waals surface area contributed by atoms with E-state index in [1.54, 1.807) is 0 Å². The minimum Gasteiger partial charge on any atom is -0.393 e. The molecule has 3 aliphatic carbocycles. The first-order valence-electron chi connectivity index (χ1n) is 9.35. The minimum absolute atomic E-state index is 0.102. The monoisotopic (exact) mass is 313 g/mol. The third kappa shape index (κ3) is 2.25. The highest BCUT2D eigenvalue weighted by Crippen LogP contribution is 2.68. The highest BCUT2D eigenvalue weighted by Gasteiger charge is 2.64. The molecule has 2 N–H and O–H groups in total. The molecule has 0 aromatic heterocycles. The fourth-order valence-corrected chi connectivity index (χ4v) is 6.54. The molecular weight excluding hydrogens is 282 g/mol. The molecule has 1 aromatic carbocycles. The Morgan fingerprint density at radius 2 is 1.78 bits per heavy atom. The SMILES string of the molecule is CC1(C)C[C@H](Nc2ccccc2)[C@]23CC[C@@H](O)[C@](C)(CC[C@@H]12)C3. The summed E-state index contributed by atoms with van der Waals surface area (Å²) in [6, 6.07) is 11.2. The lowest BCUT2D eigenvalue weighted by atomic mass is 9.49. The lowest BCUT2D eigenvalue weighted by Gasteiger charge is -2.58. The van der Waals surface area contributed by atoms with Crippen LogP contribution in [0.1, 0.15) is 59.3 Å². The fourth-order valence-electron chi connectivity index (χ4n) is 6.54. The molecule has 3 saturated carbocycles. The van der Waals surface area contributed by atoms with E-state index in [0.717, 1.165) is 12.3 Å². The molecule has 0 aliphatic heterocycles. The quantitative estimate of drug-likeness (QED) is 0.818. The van der Waals surface area contributed by atoms with E-state index in [1.807, 2.05) is 0 Å². The summed E-state index contributed by atoms with van der Waals surface area (Å²) in [6.07, 6.45) is 6.99. The van der Waals surface area contributed by atoms with Crippen molar-refractivity contribution in [1.82, 2.24) is 0 Å². The molecule has 0 heterocycles. The molecular formula is C21H31NO. The second-order valence-electron chi connectivity index (χ2n) is 9.47. The van der Waals surface area contributed by atoms with Gasteiger partial charge in [-0.05, 0) is 72.8 Å². The summed E-state index contributed by atoms with van der Waals surface area (Å²) in [5.74, 6) is 0.789. The van der Waals surface area contributed by atoms with Crippen LogP contribution in [0.4, 0.5) is 5.69 Å². The Hall–Kier alpha value is -1.02. The van der Waals surface area contributed by atoms with Crippen molar-refractivity contribution in [1.29, 1.82) is 0 Å². The van der Waals surface area contributed by atoms with Crippen LogP contribution in [0.2, 0.25) is 0 Å². The summed E-state index contributed by atoms with van der Waals surface area (Å²) < 4.78 is 0. The van der Waals surface area contributed by atoms with Crippen molar-refractivity contribution >= 4 is 5.69 Å². The average molecular weight is 313 g/mol. The Balaban J connectivity index is 1.70. The third-order valence-corrected chi connectivity index (χ3v) is 7.60. The largest absolute Gasteiger partial charge is 0.393 e. The molecule has 1 spiro atoms. The zero-order chi connectivity index (χ0) is 16.3. The van der Waals surface area contributed by atoms with E-state index in [1.165, 1.54) is 37.8 Å². The van der Waals surface area contributed by atoms with Gasteiger partial charge in [0.15, 0.2) is 0 Å². The van der Waals surface area contributed by atoms with Crippen LogP contribution in [0.3, 0.4) is 0 Å². The van der Waals surface area contributed by atoms with Gasteiger partial charge in [0, 0.05) is 11.7 Å². The predicted molar refractivity (Wildman–Crippen MR) is 95.4 cm³/mol. The van der Waals surface area contributed by atoms with E-state index in [4.69, 9.17) is 0 Å². The maximum atomic E-state index is 10.6. The molecule has 0 saturated heterocycles. The van der Waals surface area contributed by atoms with E-state index >= 15 is 0 Å². The van der Waals surface area contributed by atoms with Crippen molar-refractivity contribution in [3.05, 3.63) is 30.3 Å². The van der Waals surface area contributed by atoms with Crippen LogP contribution in [0.25, 0.3) is 0 Å². The van der Waals surface area contributed by atoms with Gasteiger partial charge in [0.05, 0.1) is 6.10 Å². The molecule has 3 aliphatic rings. The molecule has 23 heavy (non-hydrogen) atoms. The Labute approximate surface area is 140 Å². The van der Waals surface area contributed by atoms with Gasteiger partial charge in [-0.25, -0.2) is 0 Å². The summed E-state index contributed by atoms with van der Waals surface area (Å²) in [5.41, 5.74) is 2.15. The molecule has 2 nitrogen and oxygen atoms in total. The first-order chi connectivity index (χ1) is 10.9. The number of rotatable bonds is 2. The van der Waals surface area contributed by atoms with Gasteiger partial charge in [-0.2, -0.15) is 0 Å². The number of nitrogens with one attached hydrogen (secondary N) is 1. The summed E-state index contributed by atoms with van der Waals surface area (Å²) in [6.45, 7) is 7.28. The minimum atomic E-state index is -0.102. The van der Waals surface area contributed by atoms with Crippen LogP contribution in [0.5, 0.6) is 0 Å². The third-order valence-electron chi connectivity index (χ3n) is 7.60. The number of para-hydroxylation sites is 1. The van der Waals surface area contributed by atoms with Crippen molar-refractivity contribution < 1.29 is 5.11 Å². The highest BCUT2D eigenvalue weighted by molar-refractivity contribution is 5.45. The topological polar surface area (TPSA) is 32.3 Å². The number of fused-ring (bicyclic) bond motifs is 1. The first-order valence-corrected chi connectivity index (χ1v) is 9.35. The number of aliphatic hydroxyl groups is 1. The Morgan fingerprint density at radius 3 is 2.52 bits per heavy atom. The van der Waals surface area contributed by atoms with Crippen LogP contribution in [0.15, 0.2) is 30.3 Å². The second-order valence-corrected chi connectivity index (χ2v) is 9.47. The Kier molecular flexibility index (Phi) is 3.36. The van der Waals surface area contributed by atoms with Crippen LogP contribution in [-0.2, 0) is 0 Å². The van der Waals surface area contributed by atoms with Crippen LogP contribution < -0.4 is 5.32 Å². The highest BCUT2D eigenvalue weighted by atomic mass is 16.3. The van der Waals surface area contributed by atoms with Crippen LogP contribution in [0, 0.1) is 22.2 Å². The standard InChI is InChI=1S/C21H31NO/c1-19(2)13-17(22-15-7-5-4-6-8-15)21-12-10-18(23)20(3,14-21)11-9-16(19)21/h4-8,16-18,22-23H,9-14H2,1-3H3/t16-,17-,18+,20+,21-/m0/s1. The average Bonchev–Trinajstić information content (AvgIpc) is 2.71. The zero-order valence-electron chi connectivity index (χ0n) is 14.8. The van der Waals surface area contributed by atoms with Gasteiger partial charge in [-0.15, -0.1) is 0 Å². The summed E-state index contributed by atoms with van der Waals surface area (Å²) >= 11 is 0. The normalized spacial score (nSPS) is 44.6. The molecule has 2 heteroatoms. The molecule has 5 atom stereocenters. The Morgan fingerprint density at radius 1 is 1.04 bits per heavy atom. The maximum absolute atomic E-state index is 10.6. The molecule has 2 bridgehead atoms. The predicted octanol–water partition coefficient (Wildman–Crippen LogP) is 4.84. The van der Waals surface area contributed by atoms with Gasteiger partial charge in [-0.1, -0.05) is 39.0 Å². The van der Waals surface area contributed by atoms with Gasteiger partial charge in [-0.3, -0.25) is 0 Å². The molecule has 0 unspecified atom stereocenters. The summed E-state index contributed by atoms with van der Waals surface area (Å²) in [7, 11) is 0. The van der Waals surface area contributed by atoms with Crippen molar-refractivity contribution in [3.63, 3.8) is 0 Å². The summed E-state index contributed by atoms with van der Waals surface area (Å²) in [4.78, 5) is 0. The number of aliphatic hydroxyl groups excluding tert-OH is 1. The fraction of sp³-hybridized carbons (Fsp3) is 0.714. The van der Waals surface area contributed by atoms with Gasteiger partial charge < -0.3 is 10.4 Å². The van der Waals surface area contributed by atoms with Crippen LogP contribution in [-0.4, -0.2) is 17.3 Å². The number of hydrogen-bond acceptors (Lipinski definition) is 2. The van der Waals surface area contributed by atoms with E-state index in [-0.39, 0.29) is 11.5 Å². The molecule has 4 rings (SSSR count). The molecule has 3 fully saturated rings. The molecule has 1 aromatic rings. The maximum Gasteiger partial charge on any atom is 0.0594 e. The van der Waals surface area contributed by atoms with Gasteiger partial charge in [0.25, 0.3) is 0 Å². The van der Waals surface area contributed by atoms with Gasteiger partial charge in [0.2, 0.25) is 0 Å². The van der Waals surface area contributed by atoms with E-state index in [0.29, 0.717) is 16.9 Å². The Bertz CT molecular complexity index is 583. The lowest BCUT2D eigenvalue weighted by molar-refractivity contribution is -0.118. The second kappa shape index (κ2) is 4.99. The number of anilines is 1. The first kappa shape index (κ1) is 15.5. The van der Waals surface area contributed by atoms with Gasteiger partial charge >= 0.3 is 0 Å². The number of hydrogen-bond donors (Lipinski definition) is 2. The smallest absolute Gasteiger partial charge is 0.0594 e. The molecule has 126 valence electrons. The molecule has 0 amide bonds. The van der Waals surface area contributed by atoms with E-state index < -0.39 is 0 Å². The number of benzene rings is 1. The lowest BCUT2D eigenvalue weighted by Crippen LogP contribution is -2.55. The van der Waals surface area contributed by atoms with Crippen molar-refractivity contribution in [2.24, 2.45) is 22.2 Å². The van der Waals surface area contributed by atoms with E-state index in [2.05, 4.69) is 56.4 Å². The van der Waals surface area contributed by atoms with Crippen LogP contribution >= 0.6 is 0 Å². The molecule has 0 radical (unpaired) electrons. The summed E-state index contributed by atoms with van der Waals surface area (Å²) in [5, 5.41) is 14.5. The van der Waals surface area contributed by atoms with Gasteiger partial charge in [0.1, 0.15) is 0 Å². The van der Waals surface area contributed by atoms with Crippen molar-refractivity contribution in [3.8, 4) is 0 Å². The van der Waals surface area contributed by atoms with E-state index in [9.17, 15) is 5.11 Å². The van der Waals surface area contributed by atoms with Crippen molar-refractivity contribution in [2.75, 3.05) is 5.32 Å².